The van der Waals surface area contributed by atoms with Gasteiger partial charge >= 0.3 is 6.18 Å². The number of alkyl halides is 3. The van der Waals surface area contributed by atoms with Crippen LogP contribution in [0.25, 0.3) is 22.8 Å². The minimum Gasteiger partial charge on any atom is -0.399 e. The molecule has 112 valence electrons. The third kappa shape index (κ3) is 2.78. The summed E-state index contributed by atoms with van der Waals surface area (Å²) in [5.74, 6) is 0.827. The van der Waals surface area contributed by atoms with Crippen LogP contribution < -0.4 is 5.73 Å². The Kier molecular flexibility index (Phi) is 3.32. The lowest BCUT2D eigenvalue weighted by Crippen LogP contribution is -2.04. The van der Waals surface area contributed by atoms with E-state index in [1.54, 1.807) is 24.3 Å². The molecule has 0 unspecified atom stereocenters. The summed E-state index contributed by atoms with van der Waals surface area (Å²) in [7, 11) is 0. The molecule has 0 aliphatic rings. The van der Waals surface area contributed by atoms with Crippen LogP contribution in [0.3, 0.4) is 0 Å². The molecule has 0 radical (unpaired) electrons. The van der Waals surface area contributed by atoms with E-state index in [1.807, 2.05) is 0 Å². The molecule has 1 aromatic heterocycles. The van der Waals surface area contributed by atoms with Gasteiger partial charge in [0.05, 0.1) is 5.56 Å². The maximum Gasteiger partial charge on any atom is 0.416 e. The minimum atomic E-state index is -4.35. The lowest BCUT2D eigenvalue weighted by atomic mass is 10.1. The largest absolute Gasteiger partial charge is 0.416 e. The lowest BCUT2D eigenvalue weighted by Gasteiger charge is -2.06. The second-order valence-electron chi connectivity index (χ2n) is 4.71. The van der Waals surface area contributed by atoms with Crippen molar-refractivity contribution in [3.63, 3.8) is 0 Å². The first-order chi connectivity index (χ1) is 10.4. The first kappa shape index (κ1) is 14.1. The van der Waals surface area contributed by atoms with Crippen molar-refractivity contribution in [2.45, 2.75) is 6.18 Å². The second-order valence-corrected chi connectivity index (χ2v) is 4.71. The minimum absolute atomic E-state index is 0.395. The summed E-state index contributed by atoms with van der Waals surface area (Å²) < 4.78 is 37.6. The number of benzene rings is 2. The Bertz CT molecular complexity index is 791. The van der Waals surface area contributed by atoms with Crippen molar-refractivity contribution in [1.29, 1.82) is 0 Å². The highest BCUT2D eigenvalue weighted by Gasteiger charge is 2.30. The zero-order valence-corrected chi connectivity index (χ0v) is 11.2. The Balaban J connectivity index is 1.91. The summed E-state index contributed by atoms with van der Waals surface area (Å²) in [6.07, 6.45) is -4.35. The van der Waals surface area contributed by atoms with E-state index >= 15 is 0 Å². The van der Waals surface area contributed by atoms with E-state index in [-0.39, 0.29) is 0 Å². The number of nitrogens with two attached hydrogens (primary N) is 1. The number of H-pyrrole nitrogens is 1. The predicted octanol–water partition coefficient (Wildman–Crippen LogP) is 3.74. The maximum absolute atomic E-state index is 12.5. The topological polar surface area (TPSA) is 67.6 Å². The van der Waals surface area contributed by atoms with Crippen LogP contribution in [0.15, 0.2) is 48.5 Å². The van der Waals surface area contributed by atoms with E-state index in [9.17, 15) is 13.2 Å². The number of nitrogens with one attached hydrogen (secondary N) is 1. The lowest BCUT2D eigenvalue weighted by molar-refractivity contribution is -0.137. The number of anilines is 1. The van der Waals surface area contributed by atoms with Gasteiger partial charge in [-0.2, -0.15) is 18.3 Å². The number of halogens is 3. The SMILES string of the molecule is Nc1cccc(-c2n[nH]c(-c3ccc(C(F)(F)F)cc3)n2)c1. The van der Waals surface area contributed by atoms with E-state index in [4.69, 9.17) is 5.73 Å². The van der Waals surface area contributed by atoms with E-state index in [0.717, 1.165) is 17.7 Å². The van der Waals surface area contributed by atoms with Gasteiger partial charge < -0.3 is 5.73 Å². The molecular weight excluding hydrogens is 293 g/mol. The van der Waals surface area contributed by atoms with E-state index in [0.29, 0.717) is 22.9 Å². The molecule has 7 heteroatoms. The maximum atomic E-state index is 12.5. The summed E-state index contributed by atoms with van der Waals surface area (Å²) in [6.45, 7) is 0. The Morgan fingerprint density at radius 1 is 0.955 bits per heavy atom. The van der Waals surface area contributed by atoms with Gasteiger partial charge in [0.15, 0.2) is 11.6 Å². The van der Waals surface area contributed by atoms with E-state index in [2.05, 4.69) is 15.2 Å². The summed E-state index contributed by atoms with van der Waals surface area (Å²) in [4.78, 5) is 4.28. The molecule has 3 rings (SSSR count). The van der Waals surface area contributed by atoms with Gasteiger partial charge in [-0.1, -0.05) is 24.3 Å². The number of aromatic nitrogens is 3. The predicted molar refractivity (Wildman–Crippen MR) is 76.7 cm³/mol. The molecule has 0 aliphatic carbocycles. The Hall–Kier alpha value is -2.83. The molecule has 0 aliphatic heterocycles. The van der Waals surface area contributed by atoms with Crippen LogP contribution in [0, 0.1) is 0 Å². The fraction of sp³-hybridized carbons (Fsp3) is 0.0667. The first-order valence-electron chi connectivity index (χ1n) is 6.39. The van der Waals surface area contributed by atoms with Crippen molar-refractivity contribution in [2.75, 3.05) is 5.73 Å². The third-order valence-electron chi connectivity index (χ3n) is 3.12. The van der Waals surface area contributed by atoms with Crippen LogP contribution in [0.2, 0.25) is 0 Å². The Labute approximate surface area is 123 Å². The highest BCUT2D eigenvalue weighted by Crippen LogP contribution is 2.30. The molecule has 2 aromatic carbocycles. The monoisotopic (exact) mass is 304 g/mol. The number of nitrogen functional groups attached to an aromatic ring is 1. The van der Waals surface area contributed by atoms with Gasteiger partial charge in [-0.05, 0) is 24.3 Å². The Morgan fingerprint density at radius 3 is 2.32 bits per heavy atom. The summed E-state index contributed by atoms with van der Waals surface area (Å²) in [5.41, 5.74) is 6.83. The van der Waals surface area contributed by atoms with Gasteiger partial charge in [0.2, 0.25) is 0 Å². The highest BCUT2D eigenvalue weighted by molar-refractivity contribution is 5.64. The van der Waals surface area contributed by atoms with Crippen molar-refractivity contribution < 1.29 is 13.2 Å². The zero-order chi connectivity index (χ0) is 15.7. The van der Waals surface area contributed by atoms with Crippen molar-refractivity contribution in [3.8, 4) is 22.8 Å². The second kappa shape index (κ2) is 5.18. The summed E-state index contributed by atoms with van der Waals surface area (Å²) in [6, 6.07) is 11.8. The molecule has 0 saturated heterocycles. The summed E-state index contributed by atoms with van der Waals surface area (Å²) >= 11 is 0. The highest BCUT2D eigenvalue weighted by atomic mass is 19.4. The molecular formula is C15H11F3N4. The average molecular weight is 304 g/mol. The molecule has 0 saturated carbocycles. The first-order valence-corrected chi connectivity index (χ1v) is 6.39. The van der Waals surface area contributed by atoms with Crippen LogP contribution in [0.4, 0.5) is 18.9 Å². The van der Waals surface area contributed by atoms with Crippen molar-refractivity contribution >= 4 is 5.69 Å². The Morgan fingerprint density at radius 2 is 1.68 bits per heavy atom. The molecule has 4 nitrogen and oxygen atoms in total. The van der Waals surface area contributed by atoms with E-state index < -0.39 is 11.7 Å². The number of aromatic amines is 1. The average Bonchev–Trinajstić information content (AvgIpc) is 2.96. The quantitative estimate of drug-likeness (QED) is 0.709. The zero-order valence-electron chi connectivity index (χ0n) is 11.2. The van der Waals surface area contributed by atoms with E-state index in [1.165, 1.54) is 12.1 Å². The van der Waals surface area contributed by atoms with Gasteiger partial charge in [0, 0.05) is 16.8 Å². The van der Waals surface area contributed by atoms with Gasteiger partial charge in [-0.15, -0.1) is 0 Å². The number of hydrogen-bond donors (Lipinski definition) is 2. The normalized spacial score (nSPS) is 11.6. The van der Waals surface area contributed by atoms with Crippen LogP contribution >= 0.6 is 0 Å². The van der Waals surface area contributed by atoms with Crippen LogP contribution in [-0.4, -0.2) is 15.2 Å². The van der Waals surface area contributed by atoms with Crippen molar-refractivity contribution in [1.82, 2.24) is 15.2 Å². The molecule has 1 heterocycles. The fourth-order valence-corrected chi connectivity index (χ4v) is 2.01. The van der Waals surface area contributed by atoms with Crippen molar-refractivity contribution in [3.05, 3.63) is 54.1 Å². The standard InChI is InChI=1S/C15H11F3N4/c16-15(17,18)11-6-4-9(5-7-11)13-20-14(22-21-13)10-2-1-3-12(19)8-10/h1-8H,19H2,(H,20,21,22). The summed E-state index contributed by atoms with van der Waals surface area (Å²) in [5, 5.41) is 6.78. The van der Waals surface area contributed by atoms with Gasteiger partial charge in [-0.25, -0.2) is 4.98 Å². The molecule has 0 fully saturated rings. The van der Waals surface area contributed by atoms with Crippen molar-refractivity contribution in [2.24, 2.45) is 0 Å². The molecule has 0 spiro atoms. The van der Waals surface area contributed by atoms with Crippen LogP contribution in [0.5, 0.6) is 0 Å². The fourth-order valence-electron chi connectivity index (χ4n) is 2.01. The van der Waals surface area contributed by atoms with Gasteiger partial charge in [-0.3, -0.25) is 5.10 Å². The smallest absolute Gasteiger partial charge is 0.399 e. The molecule has 0 bridgehead atoms. The van der Waals surface area contributed by atoms with Crippen LogP contribution in [-0.2, 0) is 6.18 Å². The van der Waals surface area contributed by atoms with Gasteiger partial charge in [0.25, 0.3) is 0 Å². The molecule has 0 atom stereocenters. The van der Waals surface area contributed by atoms with Crippen LogP contribution in [0.1, 0.15) is 5.56 Å². The number of rotatable bonds is 2. The molecule has 0 amide bonds. The van der Waals surface area contributed by atoms with Gasteiger partial charge in [0.1, 0.15) is 0 Å². The molecule has 22 heavy (non-hydrogen) atoms. The third-order valence-corrected chi connectivity index (χ3v) is 3.12. The number of hydrogen-bond acceptors (Lipinski definition) is 3. The molecule has 3 N–H and O–H groups in total. The molecule has 3 aromatic rings. The number of nitrogens with zero attached hydrogens (tertiary/aromatic N) is 2.